The van der Waals surface area contributed by atoms with Crippen molar-refractivity contribution < 1.29 is 54.9 Å². The van der Waals surface area contributed by atoms with Gasteiger partial charge in [0.2, 0.25) is 5.91 Å². The largest absolute Gasteiger partial charge is 0.462 e. The molecule has 18 rings (SSSR count). The van der Waals surface area contributed by atoms with Gasteiger partial charge >= 0.3 is 18.0 Å². The topological polar surface area (TPSA) is 268 Å². The van der Waals surface area contributed by atoms with Crippen LogP contribution in [-0.4, -0.2) is 303 Å². The van der Waals surface area contributed by atoms with Gasteiger partial charge in [0.05, 0.1) is 71.5 Å². The number of aromatic amines is 3. The molecule has 3 amide bonds. The van der Waals surface area contributed by atoms with Crippen molar-refractivity contribution in [3.8, 4) is 18.0 Å². The van der Waals surface area contributed by atoms with E-state index in [1.165, 1.54) is 66.4 Å². The van der Waals surface area contributed by atoms with E-state index in [9.17, 15) is 40.7 Å². The molecule has 0 saturated carbocycles. The van der Waals surface area contributed by atoms with Crippen LogP contribution >= 0.6 is 40.5 Å². The van der Waals surface area contributed by atoms with Crippen LogP contribution in [0.5, 0.6) is 18.0 Å². The fourth-order valence-electron chi connectivity index (χ4n) is 20.1. The number of benzene rings is 3. The standard InChI is InChI=1S/C31H40F2N8O2.C31H39F2N7O2.C30H38F2N8O2.CH4.3H2S/c1-20-14-25-24(16-34-37-25)28(21(20)2)41-9-7-23-26(17-41)35-30(43-18-22-15-31(3,33)19-38(22)4)36-29(23)40-12-10-39(11-13-40)27(42)6-5-8-32;1-19-14-25-23(6-8-34-25)27(20(19)2)40-9-7-24-26(16-40)35-30(42-17-22-15-31(4,33)18-37(22)5)36-28(24)38-10-12-39(13-11-38)29(41)21(3)32;1-18-12-24-23(14-33-36-24)26(19(18)2)40-7-6-22-25(15-40)34-29(42-16-21-13-30(4,32)17-37(21)5)35-27(22)38-8-10-39(11-9-38)28(41)20(3)31;;;;/h5-6,14,16,22H,7-13,15,17-19H2,1-4H3,(H,34,37);6,8,14,22,34H,3,7,9-13,15-18H2,1-2,4-5H3;12,14,21H,3,6-11,13,15-17H2,1-2,4-5H3,(H,33,36);1H4;3*1H2/b6-5+;;;;;;/t2*22-,31?;21-,30?;;;;/m000..../s1. The molecule has 0 bridgehead atoms. The van der Waals surface area contributed by atoms with Crippen molar-refractivity contribution in [1.82, 2.24) is 84.7 Å². The molecule has 38 heteroatoms. The number of ether oxygens (including phenoxy) is 3. The third-order valence-corrected chi connectivity index (χ3v) is 27.1. The number of halogens is 6. The summed E-state index contributed by atoms with van der Waals surface area (Å²) in [5.74, 6) is -0.991. The van der Waals surface area contributed by atoms with Gasteiger partial charge in [-0.3, -0.25) is 39.3 Å². The molecule has 0 radical (unpaired) electrons. The summed E-state index contributed by atoms with van der Waals surface area (Å²) in [6.07, 6.45) is 11.7. The van der Waals surface area contributed by atoms with E-state index in [4.69, 9.17) is 44.1 Å². The Labute approximate surface area is 783 Å². The zero-order valence-electron chi connectivity index (χ0n) is 76.4. The van der Waals surface area contributed by atoms with E-state index in [0.29, 0.717) is 150 Å². The van der Waals surface area contributed by atoms with E-state index >= 15 is 0 Å². The second-order valence-electron chi connectivity index (χ2n) is 36.6. The monoisotopic (exact) mass is 1870 g/mol. The van der Waals surface area contributed by atoms with Crippen LogP contribution in [0.1, 0.15) is 115 Å². The quantitative estimate of drug-likeness (QED) is 0.0501. The highest BCUT2D eigenvalue weighted by Crippen LogP contribution is 2.43. The Balaban J connectivity index is 0.000000175. The van der Waals surface area contributed by atoms with Crippen molar-refractivity contribution in [2.24, 2.45) is 0 Å². The number of likely N-dealkylation sites (N-methyl/N-ethyl adjacent to an activating group) is 3. The molecule has 710 valence electrons. The summed E-state index contributed by atoms with van der Waals surface area (Å²) in [5.41, 5.74) is 16.0. The van der Waals surface area contributed by atoms with Crippen molar-refractivity contribution >= 4 is 125 Å². The number of aromatic nitrogens is 11. The summed E-state index contributed by atoms with van der Waals surface area (Å²) in [6.45, 7) is 35.2. The number of carbonyl (C=O) groups excluding carboxylic acids is 3. The average molecular weight is 1870 g/mol. The summed E-state index contributed by atoms with van der Waals surface area (Å²) in [6, 6.07) is 9.17. The molecule has 3 unspecified atom stereocenters. The lowest BCUT2D eigenvalue weighted by Crippen LogP contribution is -2.49. The molecule has 15 heterocycles. The number of aryl methyl sites for hydroxylation is 3. The van der Waals surface area contributed by atoms with Crippen molar-refractivity contribution in [3.05, 3.63) is 147 Å². The zero-order chi connectivity index (χ0) is 89.8. The number of nitrogens with one attached hydrogen (secondary N) is 3. The zero-order valence-corrected chi connectivity index (χ0v) is 79.4. The summed E-state index contributed by atoms with van der Waals surface area (Å²) in [5, 5.41) is 18.1. The molecule has 9 aromatic rings. The number of alkyl halides is 4. The lowest BCUT2D eigenvalue weighted by molar-refractivity contribution is -0.129. The van der Waals surface area contributed by atoms with Crippen molar-refractivity contribution in [2.45, 2.75) is 163 Å². The average Bonchev–Trinajstić information content (AvgIpc) is 1.69. The predicted octanol–water partition coefficient (Wildman–Crippen LogP) is 12.0. The number of H-pyrrole nitrogens is 3. The van der Waals surface area contributed by atoms with Crippen LogP contribution in [0, 0.1) is 41.5 Å². The molecule has 6 aromatic heterocycles. The molecule has 6 fully saturated rings. The van der Waals surface area contributed by atoms with Crippen LogP contribution in [0.2, 0.25) is 0 Å². The van der Waals surface area contributed by atoms with Gasteiger partial charge in [-0.2, -0.15) is 80.6 Å². The van der Waals surface area contributed by atoms with Gasteiger partial charge in [-0.05, 0) is 166 Å². The number of fused-ring (bicyclic) bond motifs is 6. The molecule has 0 aliphatic carbocycles. The number of amides is 3. The number of likely N-dealkylation sites (tertiary alicyclic amines) is 3. The summed E-state index contributed by atoms with van der Waals surface area (Å²) in [7, 11) is 5.73. The Kier molecular flexibility index (Phi) is 31.3. The van der Waals surface area contributed by atoms with E-state index in [2.05, 4.69) is 134 Å². The van der Waals surface area contributed by atoms with Gasteiger partial charge in [-0.15, -0.1) is 0 Å². The molecule has 6 atom stereocenters. The Morgan fingerprint density at radius 1 is 0.466 bits per heavy atom. The molecular weight excluding hydrogens is 1750 g/mol. The summed E-state index contributed by atoms with van der Waals surface area (Å²) in [4.78, 5) is 93.6. The number of allylic oxidation sites excluding steroid dienone is 1. The maximum absolute atomic E-state index is 14.7. The maximum atomic E-state index is 14.7. The fourth-order valence-corrected chi connectivity index (χ4v) is 20.1. The number of carbonyl (C=O) groups is 3. The molecule has 6 saturated heterocycles. The minimum Gasteiger partial charge on any atom is -0.462 e. The molecular formula is C93H127F6N23O6S3. The Bertz CT molecular complexity index is 5470. The van der Waals surface area contributed by atoms with Crippen molar-refractivity contribution in [2.75, 3.05) is 195 Å². The van der Waals surface area contributed by atoms with E-state index in [1.54, 1.807) is 25.7 Å². The first-order valence-electron chi connectivity index (χ1n) is 44.1. The first kappa shape index (κ1) is 99.7. The highest BCUT2D eigenvalue weighted by atomic mass is 32.1. The van der Waals surface area contributed by atoms with Crippen LogP contribution in [-0.2, 0) is 53.3 Å². The van der Waals surface area contributed by atoms with Crippen LogP contribution in [0.25, 0.3) is 32.7 Å². The third kappa shape index (κ3) is 21.5. The molecule has 3 aromatic carbocycles. The van der Waals surface area contributed by atoms with Crippen LogP contribution in [0.15, 0.2) is 79.8 Å². The first-order chi connectivity index (χ1) is 60.6. The van der Waals surface area contributed by atoms with Crippen molar-refractivity contribution in [1.29, 1.82) is 0 Å². The SMILES string of the molecule is C.C=C(F)C(=O)N1CCN(c2nc(OC[C@@H]3CC(C)(F)CN3C)nc3c2CCN(c2c(C)c(C)cc4[nH]ccc24)C3)CC1.C=C(F)C(=O)N1CCN(c2nc(OC[C@@H]3CC(C)(F)CN3C)nc3c2CCN(c2c(C)c(C)cc4[nH]ncc24)C3)CC1.Cc1cc2[nH]ncc2c(N2CCc3c(nc(OC[C@@H]4CC(C)(F)CN4C)nc3N3CCN(C(=O)/C=C/CF)CC3)C2)c1C.S.S.S. The lowest BCUT2D eigenvalue weighted by atomic mass is 9.99. The number of hydrogen-bond acceptors (Lipinski definition) is 23. The minimum absolute atomic E-state index is 0. The Hall–Kier alpha value is -10.3. The maximum Gasteiger partial charge on any atom is 0.318 e. The third-order valence-electron chi connectivity index (χ3n) is 27.1. The van der Waals surface area contributed by atoms with Gasteiger partial charge < -0.3 is 63.3 Å². The Morgan fingerprint density at radius 3 is 1.10 bits per heavy atom. The van der Waals surface area contributed by atoms with Crippen molar-refractivity contribution in [3.63, 3.8) is 0 Å². The second-order valence-corrected chi connectivity index (χ2v) is 36.6. The van der Waals surface area contributed by atoms with Crippen LogP contribution < -0.4 is 43.6 Å². The fraction of sp³-hybridized carbons (Fsp3) is 0.538. The number of piperazine rings is 3. The van der Waals surface area contributed by atoms with Gasteiger partial charge in [0, 0.05) is 212 Å². The number of anilines is 6. The Morgan fingerprint density at radius 2 is 0.786 bits per heavy atom. The molecule has 0 spiro atoms. The summed E-state index contributed by atoms with van der Waals surface area (Å²) < 4.78 is 102. The highest BCUT2D eigenvalue weighted by molar-refractivity contribution is 7.59. The van der Waals surface area contributed by atoms with Gasteiger partial charge in [0.1, 0.15) is 61.0 Å². The first-order valence-corrected chi connectivity index (χ1v) is 44.1. The summed E-state index contributed by atoms with van der Waals surface area (Å²) >= 11 is 0. The number of hydrogen-bond donors (Lipinski definition) is 3. The normalized spacial score (nSPS) is 22.3. The van der Waals surface area contributed by atoms with Gasteiger partial charge in [0.15, 0.2) is 11.7 Å². The lowest BCUT2D eigenvalue weighted by Gasteiger charge is -2.38. The molecule has 131 heavy (non-hydrogen) atoms. The van der Waals surface area contributed by atoms with Crippen LogP contribution in [0.3, 0.4) is 0 Å². The van der Waals surface area contributed by atoms with E-state index in [1.807, 2.05) is 54.4 Å². The van der Waals surface area contributed by atoms with Gasteiger partial charge in [-0.1, -0.05) is 20.6 Å². The van der Waals surface area contributed by atoms with E-state index < -0.39 is 47.1 Å². The molecule has 9 aliphatic rings. The number of nitrogens with zero attached hydrogens (tertiary/aromatic N) is 20. The highest BCUT2D eigenvalue weighted by Gasteiger charge is 2.44. The smallest absolute Gasteiger partial charge is 0.318 e. The van der Waals surface area contributed by atoms with Crippen LogP contribution in [0.4, 0.5) is 60.9 Å². The second kappa shape index (κ2) is 41.1. The van der Waals surface area contributed by atoms with Gasteiger partial charge in [-0.25, -0.2) is 26.3 Å². The number of rotatable bonds is 19. The van der Waals surface area contributed by atoms with Gasteiger partial charge in [0.25, 0.3) is 11.8 Å². The van der Waals surface area contributed by atoms with E-state index in [0.717, 1.165) is 129 Å². The minimum atomic E-state index is -1.25. The van der Waals surface area contributed by atoms with E-state index in [-0.39, 0.29) is 96.6 Å². The molecule has 9 aliphatic heterocycles. The predicted molar refractivity (Wildman–Crippen MR) is 517 cm³/mol. The molecule has 29 nitrogen and oxygen atoms in total. The molecule has 3 N–H and O–H groups in total.